The predicted octanol–water partition coefficient (Wildman–Crippen LogP) is 4.29. The number of rotatable bonds is 5. The summed E-state index contributed by atoms with van der Waals surface area (Å²) in [6, 6.07) is 10.8. The Balaban J connectivity index is 2.32. The van der Waals surface area contributed by atoms with Gasteiger partial charge in [0.05, 0.1) is 25.3 Å². The summed E-state index contributed by atoms with van der Waals surface area (Å²) in [7, 11) is 3.04. The third-order valence-corrected chi connectivity index (χ3v) is 4.00. The molecular weight excluding hydrogens is 311 g/mol. The normalized spacial score (nSPS) is 12.0. The van der Waals surface area contributed by atoms with E-state index in [4.69, 9.17) is 32.7 Å². The number of aliphatic hydroxyl groups excluding tert-OH is 1. The van der Waals surface area contributed by atoms with Crippen molar-refractivity contribution >= 4 is 23.2 Å². The molecule has 0 amide bonds. The molecule has 1 atom stereocenters. The largest absolute Gasteiger partial charge is 0.493 e. The van der Waals surface area contributed by atoms with Gasteiger partial charge in [-0.2, -0.15) is 0 Å². The second-order valence-corrected chi connectivity index (χ2v) is 5.30. The van der Waals surface area contributed by atoms with E-state index in [0.717, 1.165) is 5.56 Å². The van der Waals surface area contributed by atoms with E-state index in [0.29, 0.717) is 33.5 Å². The van der Waals surface area contributed by atoms with Gasteiger partial charge in [0.15, 0.2) is 11.5 Å². The van der Waals surface area contributed by atoms with Crippen molar-refractivity contribution < 1.29 is 14.6 Å². The lowest BCUT2D eigenvalue weighted by atomic mass is 10.0. The zero-order chi connectivity index (χ0) is 15.4. The van der Waals surface area contributed by atoms with Crippen molar-refractivity contribution in [2.24, 2.45) is 0 Å². The Labute approximate surface area is 134 Å². The van der Waals surface area contributed by atoms with E-state index in [-0.39, 0.29) is 0 Å². The van der Waals surface area contributed by atoms with E-state index in [1.54, 1.807) is 18.2 Å². The molecule has 0 aromatic heterocycles. The van der Waals surface area contributed by atoms with Crippen molar-refractivity contribution in [1.82, 2.24) is 0 Å². The zero-order valence-corrected chi connectivity index (χ0v) is 13.3. The molecule has 21 heavy (non-hydrogen) atoms. The fourth-order valence-electron chi connectivity index (χ4n) is 2.14. The van der Waals surface area contributed by atoms with Crippen molar-refractivity contribution in [3.05, 3.63) is 57.6 Å². The van der Waals surface area contributed by atoms with E-state index in [9.17, 15) is 5.11 Å². The van der Waals surface area contributed by atoms with Gasteiger partial charge in [-0.05, 0) is 17.7 Å². The maximum Gasteiger partial charge on any atom is 0.179 e. The number of halogens is 2. The lowest BCUT2D eigenvalue weighted by Crippen LogP contribution is -2.04. The molecule has 0 aliphatic heterocycles. The molecule has 2 aromatic rings. The summed E-state index contributed by atoms with van der Waals surface area (Å²) in [5.41, 5.74) is 1.44. The first-order chi connectivity index (χ1) is 10.1. The van der Waals surface area contributed by atoms with Crippen molar-refractivity contribution in [2.45, 2.75) is 12.5 Å². The summed E-state index contributed by atoms with van der Waals surface area (Å²) in [5.74, 6) is 0.936. The average molecular weight is 327 g/mol. The molecule has 0 saturated carbocycles. The van der Waals surface area contributed by atoms with E-state index in [2.05, 4.69) is 0 Å². The molecule has 2 rings (SSSR count). The highest BCUT2D eigenvalue weighted by Crippen LogP contribution is 2.40. The third-order valence-electron chi connectivity index (χ3n) is 3.24. The van der Waals surface area contributed by atoms with Crippen LogP contribution in [0.15, 0.2) is 36.4 Å². The van der Waals surface area contributed by atoms with Crippen LogP contribution in [0.25, 0.3) is 0 Å². The van der Waals surface area contributed by atoms with Gasteiger partial charge in [0.25, 0.3) is 0 Å². The number of methoxy groups -OCH3 is 2. The fraction of sp³-hybridized carbons (Fsp3) is 0.250. The molecule has 5 heteroatoms. The predicted molar refractivity (Wildman–Crippen MR) is 84.7 cm³/mol. The molecule has 0 fully saturated rings. The smallest absolute Gasteiger partial charge is 0.179 e. The molecular formula is C16H16Cl2O3. The van der Waals surface area contributed by atoms with Crippen LogP contribution in [0.4, 0.5) is 0 Å². The van der Waals surface area contributed by atoms with Crippen LogP contribution in [0, 0.1) is 0 Å². The number of benzene rings is 2. The highest BCUT2D eigenvalue weighted by Gasteiger charge is 2.19. The summed E-state index contributed by atoms with van der Waals surface area (Å²) < 4.78 is 10.4. The van der Waals surface area contributed by atoms with E-state index in [1.165, 1.54) is 14.2 Å². The van der Waals surface area contributed by atoms with Crippen LogP contribution in [0.2, 0.25) is 10.0 Å². The summed E-state index contributed by atoms with van der Waals surface area (Å²) in [6.07, 6.45) is -0.410. The lowest BCUT2D eigenvalue weighted by molar-refractivity contribution is 0.178. The average Bonchev–Trinajstić information content (AvgIpc) is 2.49. The Morgan fingerprint density at radius 3 is 2.38 bits per heavy atom. The molecule has 0 saturated heterocycles. The molecule has 0 aliphatic carbocycles. The molecule has 0 bridgehead atoms. The van der Waals surface area contributed by atoms with Crippen LogP contribution in [0.5, 0.6) is 11.5 Å². The molecule has 0 aliphatic rings. The summed E-state index contributed by atoms with van der Waals surface area (Å²) in [6.45, 7) is 0. The summed E-state index contributed by atoms with van der Waals surface area (Å²) in [4.78, 5) is 0. The van der Waals surface area contributed by atoms with Gasteiger partial charge in [-0.15, -0.1) is 0 Å². The standard InChI is InChI=1S/C16H16Cl2O3/c1-20-14-8-7-11(15(18)16(14)21-2)13(19)9-10-5-3-4-6-12(10)17/h3-8,13,19H,9H2,1-2H3. The zero-order valence-electron chi connectivity index (χ0n) is 11.8. The molecule has 3 nitrogen and oxygen atoms in total. The van der Waals surface area contributed by atoms with Gasteiger partial charge in [-0.3, -0.25) is 0 Å². The van der Waals surface area contributed by atoms with E-state index in [1.807, 2.05) is 18.2 Å². The first-order valence-electron chi connectivity index (χ1n) is 6.40. The van der Waals surface area contributed by atoms with E-state index >= 15 is 0 Å². The van der Waals surface area contributed by atoms with E-state index < -0.39 is 6.10 Å². The monoisotopic (exact) mass is 326 g/mol. The molecule has 0 radical (unpaired) electrons. The topological polar surface area (TPSA) is 38.7 Å². The van der Waals surface area contributed by atoms with Crippen LogP contribution < -0.4 is 9.47 Å². The Bertz CT molecular complexity index is 629. The number of aliphatic hydroxyl groups is 1. The first-order valence-corrected chi connectivity index (χ1v) is 7.16. The SMILES string of the molecule is COc1ccc(C(O)Cc2ccccc2Cl)c(Cl)c1OC. The highest BCUT2D eigenvalue weighted by molar-refractivity contribution is 6.33. The molecule has 1 N–H and O–H groups in total. The van der Waals surface area contributed by atoms with Gasteiger partial charge < -0.3 is 14.6 Å². The summed E-state index contributed by atoms with van der Waals surface area (Å²) in [5, 5.41) is 11.4. The fourth-order valence-corrected chi connectivity index (χ4v) is 2.72. The maximum atomic E-state index is 10.4. The molecule has 1 unspecified atom stereocenters. The summed E-state index contributed by atoms with van der Waals surface area (Å²) >= 11 is 12.4. The number of hydrogen-bond donors (Lipinski definition) is 1. The Hall–Kier alpha value is -1.42. The van der Waals surface area contributed by atoms with Crippen LogP contribution in [-0.4, -0.2) is 19.3 Å². The van der Waals surface area contributed by atoms with Crippen LogP contribution in [-0.2, 0) is 6.42 Å². The number of ether oxygens (including phenoxy) is 2. The quantitative estimate of drug-likeness (QED) is 0.890. The third kappa shape index (κ3) is 3.43. The van der Waals surface area contributed by atoms with Gasteiger partial charge in [-0.1, -0.05) is 47.5 Å². The van der Waals surface area contributed by atoms with Gasteiger partial charge in [0.1, 0.15) is 0 Å². The van der Waals surface area contributed by atoms with Crippen molar-refractivity contribution in [3.8, 4) is 11.5 Å². The van der Waals surface area contributed by atoms with Crippen molar-refractivity contribution in [3.63, 3.8) is 0 Å². The van der Waals surface area contributed by atoms with Gasteiger partial charge in [0.2, 0.25) is 0 Å². The van der Waals surface area contributed by atoms with Gasteiger partial charge in [0, 0.05) is 17.0 Å². The van der Waals surface area contributed by atoms with Gasteiger partial charge in [-0.25, -0.2) is 0 Å². The minimum atomic E-state index is -0.780. The first kappa shape index (κ1) is 16.0. The molecule has 112 valence electrons. The Morgan fingerprint density at radius 1 is 1.05 bits per heavy atom. The Morgan fingerprint density at radius 2 is 1.76 bits per heavy atom. The van der Waals surface area contributed by atoms with Crippen LogP contribution in [0.1, 0.15) is 17.2 Å². The van der Waals surface area contributed by atoms with Crippen molar-refractivity contribution in [2.75, 3.05) is 14.2 Å². The minimum absolute atomic E-state index is 0.344. The van der Waals surface area contributed by atoms with Crippen molar-refractivity contribution in [1.29, 1.82) is 0 Å². The molecule has 0 spiro atoms. The Kier molecular flexibility index (Phi) is 5.34. The van der Waals surface area contributed by atoms with Gasteiger partial charge >= 0.3 is 0 Å². The molecule has 0 heterocycles. The highest BCUT2D eigenvalue weighted by atomic mass is 35.5. The molecule has 2 aromatic carbocycles. The van der Waals surface area contributed by atoms with Crippen LogP contribution >= 0.6 is 23.2 Å². The maximum absolute atomic E-state index is 10.4. The number of hydrogen-bond acceptors (Lipinski definition) is 3. The second kappa shape index (κ2) is 7.03. The second-order valence-electron chi connectivity index (χ2n) is 4.52. The van der Waals surface area contributed by atoms with Crippen LogP contribution in [0.3, 0.4) is 0 Å². The lowest BCUT2D eigenvalue weighted by Gasteiger charge is -2.17. The minimum Gasteiger partial charge on any atom is -0.493 e.